The first kappa shape index (κ1) is 22.7. The summed E-state index contributed by atoms with van der Waals surface area (Å²) in [4.78, 5) is 30.6. The molecule has 0 radical (unpaired) electrons. The molecule has 1 N–H and O–H groups in total. The number of hydrogen-bond acceptors (Lipinski definition) is 4. The maximum absolute atomic E-state index is 13.5. The lowest BCUT2D eigenvalue weighted by molar-refractivity contribution is -0.378. The summed E-state index contributed by atoms with van der Waals surface area (Å²) >= 11 is 3.45. The fourth-order valence-electron chi connectivity index (χ4n) is 3.89. The van der Waals surface area contributed by atoms with Crippen LogP contribution in [0.4, 0.5) is 0 Å². The van der Waals surface area contributed by atoms with Gasteiger partial charge in [0.25, 0.3) is 5.91 Å². The van der Waals surface area contributed by atoms with Gasteiger partial charge in [0.05, 0.1) is 18.7 Å². The van der Waals surface area contributed by atoms with Gasteiger partial charge in [-0.2, -0.15) is 0 Å². The van der Waals surface area contributed by atoms with Gasteiger partial charge in [0.1, 0.15) is 5.75 Å². The fourth-order valence-corrected chi connectivity index (χ4v) is 4.31. The number of H-pyrrole nitrogens is 1. The second kappa shape index (κ2) is 9.58. The molecule has 1 unspecified atom stereocenters. The zero-order valence-electron chi connectivity index (χ0n) is 18.2. The molecule has 1 amide bonds. The van der Waals surface area contributed by atoms with Gasteiger partial charge >= 0.3 is 0 Å². The van der Waals surface area contributed by atoms with Gasteiger partial charge in [-0.05, 0) is 55.3 Å². The molecule has 1 aliphatic rings. The Morgan fingerprint density at radius 2 is 1.88 bits per heavy atom. The van der Waals surface area contributed by atoms with Crippen LogP contribution in [0.3, 0.4) is 0 Å². The number of hydrogen-bond donors (Lipinski definition) is 0. The van der Waals surface area contributed by atoms with Crippen LogP contribution < -0.4 is 14.8 Å². The molecule has 6 nitrogen and oxygen atoms in total. The van der Waals surface area contributed by atoms with E-state index in [0.717, 1.165) is 10.0 Å². The molecule has 0 aliphatic carbocycles. The van der Waals surface area contributed by atoms with Crippen molar-refractivity contribution in [2.75, 3.05) is 0 Å². The molecule has 0 saturated carbocycles. The number of halogens is 1. The Labute approximate surface area is 200 Å². The third-order valence-corrected chi connectivity index (χ3v) is 5.80. The Morgan fingerprint density at radius 3 is 2.52 bits per heavy atom. The van der Waals surface area contributed by atoms with Crippen molar-refractivity contribution in [3.63, 3.8) is 0 Å². The highest BCUT2D eigenvalue weighted by Crippen LogP contribution is 2.40. The van der Waals surface area contributed by atoms with Crippen LogP contribution in [0.25, 0.3) is 5.76 Å². The Hall–Kier alpha value is -3.45. The van der Waals surface area contributed by atoms with Crippen LogP contribution in [0, 0.1) is 0 Å². The summed E-state index contributed by atoms with van der Waals surface area (Å²) in [7, 11) is 0. The van der Waals surface area contributed by atoms with E-state index in [9.17, 15) is 14.7 Å². The van der Waals surface area contributed by atoms with Crippen LogP contribution in [0.1, 0.15) is 36.6 Å². The van der Waals surface area contributed by atoms with Crippen molar-refractivity contribution < 1.29 is 24.4 Å². The number of likely N-dealkylation sites (tertiary alicyclic amines) is 1. The molecular weight excluding hydrogens is 484 g/mol. The van der Waals surface area contributed by atoms with Gasteiger partial charge in [-0.25, -0.2) is 4.98 Å². The molecular formula is C26H23BrN2O4. The highest BCUT2D eigenvalue weighted by Gasteiger charge is 2.44. The van der Waals surface area contributed by atoms with Gasteiger partial charge < -0.3 is 14.7 Å². The number of pyridine rings is 1. The van der Waals surface area contributed by atoms with Crippen LogP contribution in [0.2, 0.25) is 0 Å². The molecule has 7 heteroatoms. The van der Waals surface area contributed by atoms with E-state index in [4.69, 9.17) is 4.74 Å². The SMILES string of the molecule is CC(C)Oc1ccc(C([O-])=C2C(=O)C(=O)N(Cc3ccc[nH+]c3)C2c2cccc(Br)c2)cc1. The standard InChI is InChI=1S/C26H23BrN2O4/c1-16(2)33-21-10-8-18(9-11-21)24(30)22-23(19-6-3-7-20(27)13-19)29(26(32)25(22)31)15-17-5-4-12-28-14-17/h3-14,16,23,30H,15H2,1-2H3. The monoisotopic (exact) mass is 506 g/mol. The summed E-state index contributed by atoms with van der Waals surface area (Å²) in [5.74, 6) is -1.29. The number of carbonyl (C=O) groups excluding carboxylic acids is 2. The van der Waals surface area contributed by atoms with Crippen LogP contribution >= 0.6 is 15.9 Å². The molecule has 2 aromatic carbocycles. The van der Waals surface area contributed by atoms with Crippen LogP contribution in [0.5, 0.6) is 5.75 Å². The van der Waals surface area contributed by atoms with Crippen LogP contribution in [0.15, 0.2) is 83.1 Å². The minimum Gasteiger partial charge on any atom is -0.872 e. The molecule has 3 aromatic rings. The summed E-state index contributed by atoms with van der Waals surface area (Å²) in [6, 6.07) is 16.8. The highest BCUT2D eigenvalue weighted by molar-refractivity contribution is 9.10. The Bertz CT molecular complexity index is 1210. The molecule has 0 spiro atoms. The zero-order chi connectivity index (χ0) is 23.5. The number of amides is 1. The molecule has 0 bridgehead atoms. The number of ether oxygens (including phenoxy) is 1. The fraction of sp³-hybridized carbons (Fsp3) is 0.192. The quantitative estimate of drug-likeness (QED) is 0.291. The minimum absolute atomic E-state index is 0.000319. The lowest BCUT2D eigenvalue weighted by Crippen LogP contribution is -2.29. The van der Waals surface area contributed by atoms with Crippen molar-refractivity contribution in [1.82, 2.24) is 4.90 Å². The average Bonchev–Trinajstić information content (AvgIpc) is 3.04. The second-order valence-electron chi connectivity index (χ2n) is 8.07. The lowest BCUT2D eigenvalue weighted by atomic mass is 9.95. The number of benzene rings is 2. The number of rotatable bonds is 6. The molecule has 2 heterocycles. The van der Waals surface area contributed by atoms with E-state index < -0.39 is 23.5 Å². The van der Waals surface area contributed by atoms with E-state index in [-0.39, 0.29) is 18.2 Å². The smallest absolute Gasteiger partial charge is 0.295 e. The van der Waals surface area contributed by atoms with Crippen molar-refractivity contribution in [1.29, 1.82) is 0 Å². The largest absolute Gasteiger partial charge is 0.872 e. The maximum atomic E-state index is 13.5. The first-order chi connectivity index (χ1) is 15.8. The van der Waals surface area contributed by atoms with Gasteiger partial charge in [0, 0.05) is 21.7 Å². The van der Waals surface area contributed by atoms with Crippen molar-refractivity contribution >= 4 is 33.4 Å². The molecule has 1 aliphatic heterocycles. The second-order valence-corrected chi connectivity index (χ2v) is 8.98. The van der Waals surface area contributed by atoms with Crippen molar-refractivity contribution in [2.45, 2.75) is 32.5 Å². The van der Waals surface area contributed by atoms with Gasteiger partial charge in [-0.3, -0.25) is 9.59 Å². The van der Waals surface area contributed by atoms with E-state index in [1.165, 1.54) is 4.90 Å². The van der Waals surface area contributed by atoms with E-state index in [1.807, 2.05) is 50.2 Å². The number of carbonyl (C=O) groups is 2. The molecule has 1 atom stereocenters. The normalized spacial score (nSPS) is 17.6. The predicted octanol–water partition coefficient (Wildman–Crippen LogP) is 3.47. The van der Waals surface area contributed by atoms with Gasteiger partial charge in [-0.15, -0.1) is 0 Å². The Balaban J connectivity index is 1.80. The number of aromatic nitrogens is 1. The van der Waals surface area contributed by atoms with E-state index in [2.05, 4.69) is 20.9 Å². The lowest BCUT2D eigenvalue weighted by Gasteiger charge is -2.27. The van der Waals surface area contributed by atoms with Gasteiger partial charge in [0.15, 0.2) is 12.4 Å². The maximum Gasteiger partial charge on any atom is 0.295 e. The summed E-state index contributed by atoms with van der Waals surface area (Å²) < 4.78 is 6.44. The zero-order valence-corrected chi connectivity index (χ0v) is 19.8. The third-order valence-electron chi connectivity index (χ3n) is 5.31. The van der Waals surface area contributed by atoms with E-state index in [0.29, 0.717) is 16.9 Å². The molecule has 33 heavy (non-hydrogen) atoms. The third kappa shape index (κ3) is 4.83. The van der Waals surface area contributed by atoms with Crippen LogP contribution in [-0.4, -0.2) is 22.7 Å². The molecule has 1 fully saturated rings. The molecule has 4 rings (SSSR count). The van der Waals surface area contributed by atoms with Crippen molar-refractivity contribution in [3.8, 4) is 5.75 Å². The molecule has 168 valence electrons. The van der Waals surface area contributed by atoms with Crippen molar-refractivity contribution in [2.24, 2.45) is 0 Å². The molecule has 1 saturated heterocycles. The summed E-state index contributed by atoms with van der Waals surface area (Å²) in [6.07, 6.45) is 3.53. The van der Waals surface area contributed by atoms with Gasteiger partial charge in [-0.1, -0.05) is 46.0 Å². The summed E-state index contributed by atoms with van der Waals surface area (Å²) in [6.45, 7) is 4.02. The van der Waals surface area contributed by atoms with Crippen molar-refractivity contribution in [3.05, 3.63) is 99.8 Å². The Morgan fingerprint density at radius 1 is 1.12 bits per heavy atom. The number of aromatic amines is 1. The van der Waals surface area contributed by atoms with E-state index >= 15 is 0 Å². The van der Waals surface area contributed by atoms with E-state index in [1.54, 1.807) is 36.7 Å². The van der Waals surface area contributed by atoms with Crippen LogP contribution in [-0.2, 0) is 16.1 Å². The summed E-state index contributed by atoms with van der Waals surface area (Å²) in [5.41, 5.74) is 1.79. The van der Waals surface area contributed by atoms with Gasteiger partial charge in [0.2, 0.25) is 5.78 Å². The first-order valence-corrected chi connectivity index (χ1v) is 11.4. The minimum atomic E-state index is -0.790. The number of nitrogens with one attached hydrogen (secondary N) is 1. The average molecular weight is 507 g/mol. The summed E-state index contributed by atoms with van der Waals surface area (Å²) in [5, 5.41) is 13.5. The first-order valence-electron chi connectivity index (χ1n) is 10.6. The molecule has 1 aromatic heterocycles. The predicted molar refractivity (Wildman–Crippen MR) is 125 cm³/mol. The topological polar surface area (TPSA) is 83.8 Å². The number of Topliss-reactive ketones (excluding diaryl/α,β-unsaturated/α-hetero) is 1. The Kier molecular flexibility index (Phi) is 6.60. The number of ketones is 1. The number of nitrogens with zero attached hydrogens (tertiary/aromatic N) is 1. The highest BCUT2D eigenvalue weighted by atomic mass is 79.9.